The number of piperidine rings is 1. The van der Waals surface area contributed by atoms with Crippen LogP contribution in [0.3, 0.4) is 0 Å². The Morgan fingerprint density at radius 2 is 1.89 bits per heavy atom. The Morgan fingerprint density at radius 3 is 2.76 bits per heavy atom. The third kappa shape index (κ3) is 2.86. The van der Waals surface area contributed by atoms with Crippen molar-refractivity contribution in [2.45, 2.75) is 67.7 Å². The van der Waals surface area contributed by atoms with Crippen molar-refractivity contribution in [3.63, 3.8) is 0 Å². The van der Waals surface area contributed by atoms with Gasteiger partial charge in [-0.05, 0) is 79.5 Å². The lowest BCUT2D eigenvalue weighted by Crippen LogP contribution is -2.78. The molecule has 6 heteroatoms. The summed E-state index contributed by atoms with van der Waals surface area (Å²) in [5, 5.41) is 28.7. The minimum atomic E-state index is -0.947. The number of fused-ring (bicyclic) bond motifs is 1. The van der Waals surface area contributed by atoms with Gasteiger partial charge in [0.05, 0.1) is 17.1 Å². The zero-order valence-electron chi connectivity index (χ0n) is 20.8. The number of hydrogen-bond acceptors (Lipinski definition) is 5. The van der Waals surface area contributed by atoms with E-state index in [0.717, 1.165) is 48.2 Å². The van der Waals surface area contributed by atoms with Crippen molar-refractivity contribution in [2.24, 2.45) is 5.92 Å². The van der Waals surface area contributed by atoms with Crippen LogP contribution < -0.4 is 10.1 Å². The highest BCUT2D eigenvalue weighted by Crippen LogP contribution is 2.65. The molecule has 1 saturated heterocycles. The number of benzene rings is 3. The first-order chi connectivity index (χ1) is 18.0. The third-order valence-electron chi connectivity index (χ3n) is 10.1. The molecule has 2 saturated carbocycles. The molecule has 0 radical (unpaired) electrons. The number of rotatable bonds is 4. The average molecular weight is 497 g/mol. The zero-order valence-corrected chi connectivity index (χ0v) is 20.8. The van der Waals surface area contributed by atoms with E-state index in [0.29, 0.717) is 24.2 Å². The Morgan fingerprint density at radius 1 is 1.05 bits per heavy atom. The van der Waals surface area contributed by atoms with E-state index in [-0.39, 0.29) is 23.7 Å². The van der Waals surface area contributed by atoms with Crippen molar-refractivity contribution in [3.05, 3.63) is 71.3 Å². The molecule has 3 N–H and O–H groups in total. The molecule has 190 valence electrons. The summed E-state index contributed by atoms with van der Waals surface area (Å²) >= 11 is 0. The molecule has 3 aromatic carbocycles. The van der Waals surface area contributed by atoms with Crippen molar-refractivity contribution in [1.82, 2.24) is 10.2 Å². The summed E-state index contributed by atoms with van der Waals surface area (Å²) in [7, 11) is 0. The fourth-order valence-electron chi connectivity index (χ4n) is 8.30. The Bertz CT molecular complexity index is 1450. The van der Waals surface area contributed by atoms with Crippen LogP contribution in [0.1, 0.15) is 53.6 Å². The fraction of sp³-hybridized carbons (Fsp3) is 0.452. The summed E-state index contributed by atoms with van der Waals surface area (Å²) in [6.45, 7) is 1.96. The molecule has 6 nitrogen and oxygen atoms in total. The zero-order chi connectivity index (χ0) is 24.9. The van der Waals surface area contributed by atoms with Gasteiger partial charge in [0.15, 0.2) is 11.5 Å². The fourth-order valence-corrected chi connectivity index (χ4v) is 8.30. The lowest BCUT2D eigenvalue weighted by molar-refractivity contribution is -0.191. The van der Waals surface area contributed by atoms with Gasteiger partial charge in [0.25, 0.3) is 5.91 Å². The highest BCUT2D eigenvalue weighted by Gasteiger charge is 2.73. The summed E-state index contributed by atoms with van der Waals surface area (Å²) < 4.78 is 6.60. The molecule has 3 aliphatic carbocycles. The van der Waals surface area contributed by atoms with E-state index in [9.17, 15) is 15.0 Å². The number of carbonyl (C=O) groups is 1. The second kappa shape index (κ2) is 7.49. The van der Waals surface area contributed by atoms with E-state index < -0.39 is 17.1 Å². The van der Waals surface area contributed by atoms with Gasteiger partial charge in [-0.3, -0.25) is 9.69 Å². The van der Waals surface area contributed by atoms with Crippen LogP contribution in [0.15, 0.2) is 54.6 Å². The maximum absolute atomic E-state index is 13.7. The van der Waals surface area contributed by atoms with Crippen LogP contribution in [0.2, 0.25) is 0 Å². The number of ether oxygens (including phenoxy) is 1. The van der Waals surface area contributed by atoms with Crippen molar-refractivity contribution < 1.29 is 19.7 Å². The Kier molecular flexibility index (Phi) is 4.44. The Balaban J connectivity index is 1.20. The maximum atomic E-state index is 13.7. The molecule has 0 unspecified atom stereocenters. The first-order valence-corrected chi connectivity index (χ1v) is 13.8. The second-order valence-corrected chi connectivity index (χ2v) is 11.9. The quantitative estimate of drug-likeness (QED) is 0.510. The molecule has 0 aromatic heterocycles. The van der Waals surface area contributed by atoms with Crippen LogP contribution in [0, 0.1) is 5.92 Å². The molecule has 1 spiro atoms. The molecule has 3 fully saturated rings. The van der Waals surface area contributed by atoms with Gasteiger partial charge in [0.1, 0.15) is 6.10 Å². The SMILES string of the molecule is O=C(N[C@@H]1CC[C@@]2(O)[C@H]3Cc4ccc(O)c5c4[C@@]2(CCN3CC2CC2)[C@H]1O5)c1cccc2ccccc12. The van der Waals surface area contributed by atoms with E-state index in [1.165, 1.54) is 18.4 Å². The predicted octanol–water partition coefficient (Wildman–Crippen LogP) is 3.91. The molecule has 5 aliphatic rings. The highest BCUT2D eigenvalue weighted by atomic mass is 16.5. The topological polar surface area (TPSA) is 82.0 Å². The summed E-state index contributed by atoms with van der Waals surface area (Å²) in [6, 6.07) is 17.3. The van der Waals surface area contributed by atoms with Gasteiger partial charge in [-0.1, -0.05) is 42.5 Å². The van der Waals surface area contributed by atoms with E-state index >= 15 is 0 Å². The van der Waals surface area contributed by atoms with Crippen molar-refractivity contribution in [1.29, 1.82) is 0 Å². The van der Waals surface area contributed by atoms with E-state index in [4.69, 9.17) is 4.74 Å². The predicted molar refractivity (Wildman–Crippen MR) is 140 cm³/mol. The number of aliphatic hydroxyl groups is 1. The van der Waals surface area contributed by atoms with Crippen LogP contribution in [0.25, 0.3) is 10.8 Å². The van der Waals surface area contributed by atoms with Crippen LogP contribution in [-0.2, 0) is 11.8 Å². The van der Waals surface area contributed by atoms with E-state index in [1.54, 1.807) is 6.07 Å². The number of nitrogens with zero attached hydrogens (tertiary/aromatic N) is 1. The molecule has 2 aliphatic heterocycles. The van der Waals surface area contributed by atoms with Gasteiger partial charge in [-0.2, -0.15) is 0 Å². The summed E-state index contributed by atoms with van der Waals surface area (Å²) in [5.41, 5.74) is 1.24. The molecule has 1 amide bonds. The molecule has 3 aromatic rings. The molecular weight excluding hydrogens is 464 g/mol. The van der Waals surface area contributed by atoms with Gasteiger partial charge in [-0.25, -0.2) is 0 Å². The van der Waals surface area contributed by atoms with Gasteiger partial charge in [0, 0.05) is 23.7 Å². The van der Waals surface area contributed by atoms with Crippen molar-refractivity contribution in [3.8, 4) is 11.5 Å². The van der Waals surface area contributed by atoms with Gasteiger partial charge in [-0.15, -0.1) is 0 Å². The lowest BCUT2D eigenvalue weighted by Gasteiger charge is -2.64. The Hall–Kier alpha value is -3.09. The average Bonchev–Trinajstić information content (AvgIpc) is 3.65. The largest absolute Gasteiger partial charge is 0.504 e. The monoisotopic (exact) mass is 496 g/mol. The second-order valence-electron chi connectivity index (χ2n) is 11.9. The third-order valence-corrected chi connectivity index (χ3v) is 10.1. The highest BCUT2D eigenvalue weighted by molar-refractivity contribution is 6.07. The van der Waals surface area contributed by atoms with E-state index in [2.05, 4.69) is 10.2 Å². The summed E-state index contributed by atoms with van der Waals surface area (Å²) in [4.78, 5) is 16.2. The number of likely N-dealkylation sites (tertiary alicyclic amines) is 1. The number of phenolic OH excluding ortho intramolecular Hbond substituents is 1. The lowest BCUT2D eigenvalue weighted by atomic mass is 9.48. The standard InChI is InChI=1S/C31H32N2O4/c34-24-11-10-20-16-25-31(36)13-12-23(32-29(35)22-7-3-5-19-4-1-2-6-21(19)22)28-30(31,26(20)27(24)37-28)14-15-33(25)17-18-8-9-18/h1-7,10-11,18,23,25,28,34,36H,8-9,12-17H2,(H,32,35)/t23-,25-,28+,30+,31-/m1/s1. The Labute approximate surface area is 216 Å². The maximum Gasteiger partial charge on any atom is 0.252 e. The van der Waals surface area contributed by atoms with Crippen LogP contribution in [-0.4, -0.2) is 57.9 Å². The number of amides is 1. The molecule has 2 heterocycles. The van der Waals surface area contributed by atoms with Crippen LogP contribution in [0.4, 0.5) is 0 Å². The van der Waals surface area contributed by atoms with Crippen molar-refractivity contribution >= 4 is 16.7 Å². The van der Waals surface area contributed by atoms with Gasteiger partial charge >= 0.3 is 0 Å². The normalized spacial score (nSPS) is 33.6. The number of hydrogen-bond donors (Lipinski definition) is 3. The van der Waals surface area contributed by atoms with Crippen LogP contribution in [0.5, 0.6) is 11.5 Å². The summed E-state index contributed by atoms with van der Waals surface area (Å²) in [5.74, 6) is 1.27. The smallest absolute Gasteiger partial charge is 0.252 e. The number of aromatic hydroxyl groups is 1. The van der Waals surface area contributed by atoms with E-state index in [1.807, 2.05) is 48.5 Å². The first kappa shape index (κ1) is 21.9. The van der Waals surface area contributed by atoms with Crippen LogP contribution >= 0.6 is 0 Å². The van der Waals surface area contributed by atoms with Gasteiger partial charge < -0.3 is 20.3 Å². The molecule has 5 atom stereocenters. The minimum Gasteiger partial charge on any atom is -0.504 e. The van der Waals surface area contributed by atoms with Crippen molar-refractivity contribution in [2.75, 3.05) is 13.1 Å². The molecule has 8 rings (SSSR count). The first-order valence-electron chi connectivity index (χ1n) is 13.8. The summed E-state index contributed by atoms with van der Waals surface area (Å²) in [6.07, 6.45) is 4.94. The number of nitrogens with one attached hydrogen (secondary N) is 1. The van der Waals surface area contributed by atoms with Gasteiger partial charge in [0.2, 0.25) is 0 Å². The number of phenols is 1. The molecule has 2 bridgehead atoms. The molecular formula is C31H32N2O4. The molecule has 37 heavy (non-hydrogen) atoms. The minimum absolute atomic E-state index is 0.0330. The number of carbonyl (C=O) groups excluding carboxylic acids is 1.